The third-order valence-electron chi connectivity index (χ3n) is 6.77. The average Bonchev–Trinajstić information content (AvgIpc) is 3.42. The first-order chi connectivity index (χ1) is 16.8. The lowest BCUT2D eigenvalue weighted by molar-refractivity contribution is 0.112. The van der Waals surface area contributed by atoms with Crippen LogP contribution in [0.4, 0.5) is 0 Å². The van der Waals surface area contributed by atoms with E-state index in [1.165, 1.54) is 32.6 Å². The lowest BCUT2D eigenvalue weighted by atomic mass is 10.1. The monoisotopic (exact) mass is 436 g/mol. The molecule has 0 aliphatic heterocycles. The van der Waals surface area contributed by atoms with Crippen LogP contribution in [0, 0.1) is 0 Å². The number of carbonyl (C=O) groups is 1. The molecule has 5 aromatic carbocycles. The van der Waals surface area contributed by atoms with Gasteiger partial charge in [0.15, 0.2) is 0 Å². The summed E-state index contributed by atoms with van der Waals surface area (Å²) in [4.78, 5) is 11.2. The second-order valence-corrected chi connectivity index (χ2v) is 8.61. The van der Waals surface area contributed by atoms with Crippen molar-refractivity contribution in [2.24, 2.45) is 0 Å². The topological polar surface area (TPSA) is 26.9 Å². The van der Waals surface area contributed by atoms with Crippen molar-refractivity contribution in [2.45, 2.75) is 0 Å². The maximum Gasteiger partial charge on any atom is 0.150 e. The molecule has 0 N–H and O–H groups in total. The molecule has 0 aliphatic rings. The molecule has 0 unspecified atom stereocenters. The lowest BCUT2D eigenvalue weighted by Crippen LogP contribution is -1.95. The zero-order valence-electron chi connectivity index (χ0n) is 18.3. The Balaban J connectivity index is 1.71. The van der Waals surface area contributed by atoms with Gasteiger partial charge in [-0.05, 0) is 54.6 Å². The molecule has 34 heavy (non-hydrogen) atoms. The Bertz CT molecular complexity index is 1860. The van der Waals surface area contributed by atoms with E-state index in [-0.39, 0.29) is 0 Å². The normalized spacial score (nSPS) is 11.6. The predicted octanol–water partition coefficient (Wildman–Crippen LogP) is 7.69. The fourth-order valence-corrected chi connectivity index (χ4v) is 5.33. The number of aldehydes is 1. The summed E-state index contributed by atoms with van der Waals surface area (Å²) in [5.41, 5.74) is 7.57. The van der Waals surface area contributed by atoms with E-state index in [4.69, 9.17) is 0 Å². The Hall–Kier alpha value is -4.63. The summed E-state index contributed by atoms with van der Waals surface area (Å²) in [7, 11) is 0. The standard InChI is InChI=1S/C31H20N2O/c34-20-21-14-16-23(17-15-21)32-28-13-7-5-11-26(28)30-29(32)19-18-25-24-10-4-6-12-27(24)33(31(25)30)22-8-2-1-3-9-22/h1-20H. The van der Waals surface area contributed by atoms with Gasteiger partial charge in [0.2, 0.25) is 0 Å². The van der Waals surface area contributed by atoms with Crippen molar-refractivity contribution < 1.29 is 4.79 Å². The van der Waals surface area contributed by atoms with Crippen LogP contribution in [0.25, 0.3) is 55.0 Å². The number of rotatable bonds is 3. The van der Waals surface area contributed by atoms with Crippen molar-refractivity contribution in [3.05, 3.63) is 121 Å². The Morgan fingerprint density at radius 1 is 0.471 bits per heavy atom. The SMILES string of the molecule is O=Cc1ccc(-n2c3ccccc3c3c2ccc2c4ccccc4n(-c4ccccc4)c23)cc1. The van der Waals surface area contributed by atoms with E-state index in [9.17, 15) is 4.79 Å². The molecular weight excluding hydrogens is 416 g/mol. The van der Waals surface area contributed by atoms with Crippen molar-refractivity contribution in [2.75, 3.05) is 0 Å². The molecule has 0 aliphatic carbocycles. The van der Waals surface area contributed by atoms with Crippen LogP contribution in [0.1, 0.15) is 10.4 Å². The molecule has 160 valence electrons. The van der Waals surface area contributed by atoms with E-state index in [1.807, 2.05) is 24.3 Å². The minimum Gasteiger partial charge on any atom is -0.309 e. The Labute approximate surface area is 196 Å². The van der Waals surface area contributed by atoms with Crippen molar-refractivity contribution in [1.29, 1.82) is 0 Å². The molecule has 0 saturated heterocycles. The van der Waals surface area contributed by atoms with E-state index in [1.54, 1.807) is 0 Å². The van der Waals surface area contributed by atoms with Gasteiger partial charge in [-0.3, -0.25) is 4.79 Å². The highest BCUT2D eigenvalue weighted by atomic mass is 16.1. The number of para-hydroxylation sites is 3. The van der Waals surface area contributed by atoms with Crippen LogP contribution in [-0.2, 0) is 0 Å². The van der Waals surface area contributed by atoms with Gasteiger partial charge in [0.1, 0.15) is 6.29 Å². The van der Waals surface area contributed by atoms with Gasteiger partial charge in [-0.2, -0.15) is 0 Å². The molecule has 2 aromatic heterocycles. The van der Waals surface area contributed by atoms with Gasteiger partial charge >= 0.3 is 0 Å². The number of carbonyl (C=O) groups excluding carboxylic acids is 1. The van der Waals surface area contributed by atoms with Crippen LogP contribution in [-0.4, -0.2) is 15.4 Å². The number of aromatic nitrogens is 2. The zero-order chi connectivity index (χ0) is 22.6. The van der Waals surface area contributed by atoms with Crippen LogP contribution in [0.2, 0.25) is 0 Å². The van der Waals surface area contributed by atoms with Crippen molar-refractivity contribution in [3.63, 3.8) is 0 Å². The molecule has 3 heteroatoms. The smallest absolute Gasteiger partial charge is 0.150 e. The maximum absolute atomic E-state index is 11.2. The fraction of sp³-hybridized carbons (Fsp3) is 0. The van der Waals surface area contributed by atoms with Crippen molar-refractivity contribution in [3.8, 4) is 11.4 Å². The molecule has 0 fully saturated rings. The third-order valence-corrected chi connectivity index (χ3v) is 6.77. The average molecular weight is 437 g/mol. The molecule has 0 atom stereocenters. The van der Waals surface area contributed by atoms with Crippen LogP contribution < -0.4 is 0 Å². The minimum absolute atomic E-state index is 0.677. The number of hydrogen-bond donors (Lipinski definition) is 0. The summed E-state index contributed by atoms with van der Waals surface area (Å²) in [6.45, 7) is 0. The second kappa shape index (κ2) is 7.19. The highest BCUT2D eigenvalue weighted by Gasteiger charge is 2.20. The van der Waals surface area contributed by atoms with Gasteiger partial charge in [0.25, 0.3) is 0 Å². The number of nitrogens with zero attached hydrogens (tertiary/aromatic N) is 2. The predicted molar refractivity (Wildman–Crippen MR) is 141 cm³/mol. The molecular formula is C31H20N2O. The van der Waals surface area contributed by atoms with Crippen LogP contribution in [0.3, 0.4) is 0 Å². The Kier molecular flexibility index (Phi) is 4.00. The zero-order valence-corrected chi connectivity index (χ0v) is 18.3. The minimum atomic E-state index is 0.677. The van der Waals surface area contributed by atoms with E-state index < -0.39 is 0 Å². The summed E-state index contributed by atoms with van der Waals surface area (Å²) >= 11 is 0. The lowest BCUT2D eigenvalue weighted by Gasteiger charge is -2.10. The van der Waals surface area contributed by atoms with E-state index in [0.717, 1.165) is 28.7 Å². The van der Waals surface area contributed by atoms with Crippen molar-refractivity contribution in [1.82, 2.24) is 9.13 Å². The highest BCUT2D eigenvalue weighted by Crippen LogP contribution is 2.41. The number of benzene rings is 5. The molecule has 7 aromatic rings. The molecule has 7 rings (SSSR count). The van der Waals surface area contributed by atoms with Gasteiger partial charge in [-0.25, -0.2) is 0 Å². The Morgan fingerprint density at radius 3 is 1.82 bits per heavy atom. The molecule has 0 amide bonds. The van der Waals surface area contributed by atoms with E-state index >= 15 is 0 Å². The summed E-state index contributed by atoms with van der Waals surface area (Å²) in [6, 6.07) is 40.0. The molecule has 3 nitrogen and oxygen atoms in total. The second-order valence-electron chi connectivity index (χ2n) is 8.61. The molecule has 0 spiro atoms. The van der Waals surface area contributed by atoms with Gasteiger partial charge < -0.3 is 9.13 Å². The number of fused-ring (bicyclic) bond motifs is 7. The summed E-state index contributed by atoms with van der Waals surface area (Å²) in [5.74, 6) is 0. The molecule has 0 saturated carbocycles. The quantitative estimate of drug-likeness (QED) is 0.261. The first kappa shape index (κ1) is 18.9. The number of hydrogen-bond acceptors (Lipinski definition) is 1. The highest BCUT2D eigenvalue weighted by molar-refractivity contribution is 6.26. The van der Waals surface area contributed by atoms with Gasteiger partial charge in [-0.15, -0.1) is 0 Å². The molecule has 2 heterocycles. The fourth-order valence-electron chi connectivity index (χ4n) is 5.33. The van der Waals surface area contributed by atoms with Crippen LogP contribution >= 0.6 is 0 Å². The van der Waals surface area contributed by atoms with Crippen LogP contribution in [0.5, 0.6) is 0 Å². The van der Waals surface area contributed by atoms with Gasteiger partial charge in [-0.1, -0.05) is 60.7 Å². The first-order valence-corrected chi connectivity index (χ1v) is 11.4. The van der Waals surface area contributed by atoms with Gasteiger partial charge in [0.05, 0.1) is 22.1 Å². The van der Waals surface area contributed by atoms with E-state index in [0.29, 0.717) is 5.56 Å². The van der Waals surface area contributed by atoms with Gasteiger partial charge in [0, 0.05) is 38.5 Å². The summed E-state index contributed by atoms with van der Waals surface area (Å²) < 4.78 is 4.69. The molecule has 0 radical (unpaired) electrons. The maximum atomic E-state index is 11.2. The van der Waals surface area contributed by atoms with Crippen LogP contribution in [0.15, 0.2) is 115 Å². The first-order valence-electron chi connectivity index (χ1n) is 11.4. The molecule has 0 bridgehead atoms. The van der Waals surface area contributed by atoms with E-state index in [2.05, 4.69) is 100 Å². The van der Waals surface area contributed by atoms with Crippen molar-refractivity contribution >= 4 is 49.9 Å². The Morgan fingerprint density at radius 2 is 1.09 bits per heavy atom. The summed E-state index contributed by atoms with van der Waals surface area (Å²) in [5, 5.41) is 4.93. The third kappa shape index (κ3) is 2.55. The largest absolute Gasteiger partial charge is 0.309 e. The summed E-state index contributed by atoms with van der Waals surface area (Å²) in [6.07, 6.45) is 0.886.